The summed E-state index contributed by atoms with van der Waals surface area (Å²) in [6.07, 6.45) is 1.42. The van der Waals surface area contributed by atoms with Crippen LogP contribution in [0.4, 0.5) is 4.39 Å². The first-order valence-electron chi connectivity index (χ1n) is 5.03. The van der Waals surface area contributed by atoms with Crippen molar-refractivity contribution < 1.29 is 23.2 Å². The summed E-state index contributed by atoms with van der Waals surface area (Å²) < 4.78 is 23.6. The maximum atomic E-state index is 13.8. The lowest BCUT2D eigenvalue weighted by molar-refractivity contribution is 0.0652. The number of carboxylic acids is 1. The van der Waals surface area contributed by atoms with E-state index in [9.17, 15) is 9.18 Å². The third-order valence-corrected chi connectivity index (χ3v) is 2.55. The number of hydrogen-bond donors (Lipinski definition) is 1. The van der Waals surface area contributed by atoms with Gasteiger partial charge < -0.3 is 14.0 Å². The van der Waals surface area contributed by atoms with E-state index in [1.54, 1.807) is 12.1 Å². The fourth-order valence-corrected chi connectivity index (χ4v) is 1.74. The number of nitrogens with zero attached hydrogens (tertiary/aromatic N) is 1. The van der Waals surface area contributed by atoms with Crippen LogP contribution in [0.1, 0.15) is 10.6 Å². The quantitative estimate of drug-likeness (QED) is 0.753. The molecule has 0 unspecified atom stereocenters. The summed E-state index contributed by atoms with van der Waals surface area (Å²) in [5.74, 6) is -2.17. The number of aromatic carboxylic acids is 1. The van der Waals surface area contributed by atoms with Crippen LogP contribution in [0.25, 0.3) is 22.2 Å². The standard InChI is InChI=1S/C12H6FNO4/c13-7-2-1-6-3-4-17-11(6)10(7)8-5-9(12(15)16)18-14-8/h1-5H,(H,15,16). The van der Waals surface area contributed by atoms with Crippen LogP contribution in [0.15, 0.2) is 39.5 Å². The van der Waals surface area contributed by atoms with Crippen LogP contribution in [0, 0.1) is 5.82 Å². The molecule has 3 aromatic rings. The van der Waals surface area contributed by atoms with Gasteiger partial charge in [-0.25, -0.2) is 9.18 Å². The first-order chi connectivity index (χ1) is 8.66. The topological polar surface area (TPSA) is 76.5 Å². The molecule has 0 bridgehead atoms. The minimum absolute atomic E-state index is 0.0884. The smallest absolute Gasteiger partial charge is 0.374 e. The second-order valence-electron chi connectivity index (χ2n) is 3.64. The van der Waals surface area contributed by atoms with Crippen molar-refractivity contribution in [2.24, 2.45) is 0 Å². The summed E-state index contributed by atoms with van der Waals surface area (Å²) in [5, 5.41) is 13.0. The molecule has 0 aliphatic carbocycles. The van der Waals surface area contributed by atoms with E-state index >= 15 is 0 Å². The van der Waals surface area contributed by atoms with Crippen molar-refractivity contribution in [2.75, 3.05) is 0 Å². The first kappa shape index (κ1) is 10.5. The van der Waals surface area contributed by atoms with E-state index in [4.69, 9.17) is 9.52 Å². The molecular weight excluding hydrogens is 241 g/mol. The average Bonchev–Trinajstić information content (AvgIpc) is 2.95. The number of furan rings is 1. The van der Waals surface area contributed by atoms with Crippen molar-refractivity contribution in [3.8, 4) is 11.3 Å². The fraction of sp³-hybridized carbons (Fsp3) is 0. The van der Waals surface area contributed by atoms with Crippen LogP contribution in [0.3, 0.4) is 0 Å². The second-order valence-corrected chi connectivity index (χ2v) is 3.64. The highest BCUT2D eigenvalue weighted by Crippen LogP contribution is 2.31. The molecule has 0 saturated heterocycles. The van der Waals surface area contributed by atoms with E-state index in [1.165, 1.54) is 12.3 Å². The predicted molar refractivity (Wildman–Crippen MR) is 58.6 cm³/mol. The summed E-state index contributed by atoms with van der Waals surface area (Å²) in [6, 6.07) is 5.66. The van der Waals surface area contributed by atoms with Crippen molar-refractivity contribution in [1.82, 2.24) is 5.16 Å². The Kier molecular flexibility index (Phi) is 2.16. The molecule has 0 fully saturated rings. The highest BCUT2D eigenvalue weighted by Gasteiger charge is 2.19. The van der Waals surface area contributed by atoms with Crippen molar-refractivity contribution in [3.05, 3.63) is 42.1 Å². The average molecular weight is 247 g/mol. The lowest BCUT2D eigenvalue weighted by atomic mass is 10.1. The van der Waals surface area contributed by atoms with Crippen molar-refractivity contribution in [2.45, 2.75) is 0 Å². The molecule has 2 heterocycles. The first-order valence-corrected chi connectivity index (χ1v) is 5.03. The van der Waals surface area contributed by atoms with Crippen LogP contribution < -0.4 is 0 Å². The minimum atomic E-state index is -1.26. The molecule has 0 aliphatic heterocycles. The largest absolute Gasteiger partial charge is 0.475 e. The number of hydrogen-bond acceptors (Lipinski definition) is 4. The summed E-state index contributed by atoms with van der Waals surface area (Å²) >= 11 is 0. The minimum Gasteiger partial charge on any atom is -0.475 e. The summed E-state index contributed by atoms with van der Waals surface area (Å²) in [7, 11) is 0. The van der Waals surface area contributed by atoms with E-state index in [0.29, 0.717) is 11.0 Å². The number of carbonyl (C=O) groups is 1. The normalized spacial score (nSPS) is 10.9. The molecule has 3 rings (SSSR count). The van der Waals surface area contributed by atoms with Crippen molar-refractivity contribution in [3.63, 3.8) is 0 Å². The van der Waals surface area contributed by atoms with Crippen LogP contribution in [0.2, 0.25) is 0 Å². The van der Waals surface area contributed by atoms with E-state index in [2.05, 4.69) is 9.68 Å². The van der Waals surface area contributed by atoms with Crippen LogP contribution in [0.5, 0.6) is 0 Å². The Morgan fingerprint density at radius 2 is 2.17 bits per heavy atom. The van der Waals surface area contributed by atoms with E-state index in [1.807, 2.05) is 0 Å². The summed E-state index contributed by atoms with van der Waals surface area (Å²) in [5.41, 5.74) is 0.486. The van der Waals surface area contributed by atoms with E-state index in [-0.39, 0.29) is 17.0 Å². The van der Waals surface area contributed by atoms with Gasteiger partial charge in [-0.05, 0) is 18.2 Å². The van der Waals surface area contributed by atoms with Gasteiger partial charge in [0.05, 0.1) is 11.8 Å². The van der Waals surface area contributed by atoms with Gasteiger partial charge >= 0.3 is 5.97 Å². The van der Waals surface area contributed by atoms with Crippen LogP contribution in [-0.4, -0.2) is 16.2 Å². The Morgan fingerprint density at radius 1 is 1.33 bits per heavy atom. The Labute approximate surface area is 99.4 Å². The maximum absolute atomic E-state index is 13.8. The molecule has 5 nitrogen and oxygen atoms in total. The zero-order valence-corrected chi connectivity index (χ0v) is 8.88. The van der Waals surface area contributed by atoms with Gasteiger partial charge in [-0.3, -0.25) is 0 Å². The molecule has 6 heteroatoms. The third kappa shape index (κ3) is 1.46. The molecule has 0 saturated carbocycles. The molecule has 0 aliphatic rings. The van der Waals surface area contributed by atoms with Gasteiger partial charge in [0.2, 0.25) is 5.76 Å². The lowest BCUT2D eigenvalue weighted by Crippen LogP contribution is -1.91. The SMILES string of the molecule is O=C(O)c1cc(-c2c(F)ccc3ccoc23)no1. The van der Waals surface area contributed by atoms with Gasteiger partial charge in [0, 0.05) is 11.5 Å². The Bertz CT molecular complexity index is 743. The fourth-order valence-electron chi connectivity index (χ4n) is 1.74. The number of carboxylic acid groups (broad SMARTS) is 1. The van der Waals surface area contributed by atoms with Crippen LogP contribution >= 0.6 is 0 Å². The number of benzene rings is 1. The third-order valence-electron chi connectivity index (χ3n) is 2.55. The molecule has 0 radical (unpaired) electrons. The molecule has 0 spiro atoms. The number of fused-ring (bicyclic) bond motifs is 1. The van der Waals surface area contributed by atoms with Crippen molar-refractivity contribution in [1.29, 1.82) is 0 Å². The number of aromatic nitrogens is 1. The van der Waals surface area contributed by atoms with Gasteiger partial charge in [-0.15, -0.1) is 0 Å². The summed E-state index contributed by atoms with van der Waals surface area (Å²) in [4.78, 5) is 10.7. The van der Waals surface area contributed by atoms with Crippen LogP contribution in [-0.2, 0) is 0 Å². The monoisotopic (exact) mass is 247 g/mol. The molecule has 18 heavy (non-hydrogen) atoms. The Balaban J connectivity index is 2.26. The number of rotatable bonds is 2. The molecule has 2 aromatic heterocycles. The second kappa shape index (κ2) is 3.69. The van der Waals surface area contributed by atoms with Gasteiger partial charge in [-0.2, -0.15) is 0 Å². The Morgan fingerprint density at radius 3 is 2.89 bits per heavy atom. The molecule has 1 aromatic carbocycles. The molecule has 1 N–H and O–H groups in total. The Hall–Kier alpha value is -2.63. The lowest BCUT2D eigenvalue weighted by Gasteiger charge is -1.99. The maximum Gasteiger partial charge on any atom is 0.374 e. The van der Waals surface area contributed by atoms with Gasteiger partial charge in [0.1, 0.15) is 17.1 Å². The molecule has 0 amide bonds. The van der Waals surface area contributed by atoms with Gasteiger partial charge in [0.15, 0.2) is 0 Å². The van der Waals surface area contributed by atoms with E-state index in [0.717, 1.165) is 6.07 Å². The highest BCUT2D eigenvalue weighted by atomic mass is 19.1. The highest BCUT2D eigenvalue weighted by molar-refractivity contribution is 5.93. The molecular formula is C12H6FNO4. The zero-order valence-electron chi connectivity index (χ0n) is 8.88. The zero-order chi connectivity index (χ0) is 12.7. The van der Waals surface area contributed by atoms with Crippen molar-refractivity contribution >= 4 is 16.9 Å². The molecule has 90 valence electrons. The van der Waals surface area contributed by atoms with Gasteiger partial charge in [0.25, 0.3) is 0 Å². The molecule has 0 atom stereocenters. The summed E-state index contributed by atoms with van der Waals surface area (Å²) in [6.45, 7) is 0. The van der Waals surface area contributed by atoms with Gasteiger partial charge in [-0.1, -0.05) is 5.16 Å². The predicted octanol–water partition coefficient (Wildman–Crippen LogP) is 2.93. The number of halogens is 1. The van der Waals surface area contributed by atoms with E-state index < -0.39 is 11.8 Å².